The van der Waals surface area contributed by atoms with Gasteiger partial charge < -0.3 is 5.32 Å². The molecule has 100 valence electrons. The standard InChI is InChI=1S/C13H20BrN3O/c1-8-4-6-10(7-5-8)15-13(18)12-11(14)9(2)17(3)16-12/h8,10H,4-7H2,1-3H3,(H,15,18). The van der Waals surface area contributed by atoms with Crippen LogP contribution in [0.25, 0.3) is 0 Å². The summed E-state index contributed by atoms with van der Waals surface area (Å²) in [6, 6.07) is 0.308. The lowest BCUT2D eigenvalue weighted by Gasteiger charge is -2.26. The van der Waals surface area contributed by atoms with E-state index in [1.165, 1.54) is 12.8 Å². The molecule has 4 nitrogen and oxygen atoms in total. The molecule has 1 aliphatic carbocycles. The molecule has 18 heavy (non-hydrogen) atoms. The summed E-state index contributed by atoms with van der Waals surface area (Å²) in [6.45, 7) is 4.22. The summed E-state index contributed by atoms with van der Waals surface area (Å²) in [5.41, 5.74) is 1.46. The maximum Gasteiger partial charge on any atom is 0.273 e. The van der Waals surface area contributed by atoms with Crippen molar-refractivity contribution in [3.8, 4) is 0 Å². The highest BCUT2D eigenvalue weighted by Gasteiger charge is 2.23. The summed E-state index contributed by atoms with van der Waals surface area (Å²) < 4.78 is 2.52. The fourth-order valence-electron chi connectivity index (χ4n) is 2.39. The van der Waals surface area contributed by atoms with Crippen LogP contribution in [0.2, 0.25) is 0 Å². The van der Waals surface area contributed by atoms with Crippen molar-refractivity contribution >= 4 is 21.8 Å². The third-order valence-corrected chi connectivity index (χ3v) is 4.78. The number of rotatable bonds is 2. The molecule has 1 aromatic heterocycles. The molecular weight excluding hydrogens is 294 g/mol. The Morgan fingerprint density at radius 1 is 1.39 bits per heavy atom. The Morgan fingerprint density at radius 3 is 2.50 bits per heavy atom. The Hall–Kier alpha value is -0.840. The molecule has 0 radical (unpaired) electrons. The van der Waals surface area contributed by atoms with Crippen molar-refractivity contribution in [2.24, 2.45) is 13.0 Å². The minimum atomic E-state index is -0.0647. The van der Waals surface area contributed by atoms with E-state index in [0.717, 1.165) is 28.9 Å². The molecule has 1 aliphatic rings. The molecule has 0 bridgehead atoms. The van der Waals surface area contributed by atoms with Crippen molar-refractivity contribution in [3.05, 3.63) is 15.9 Å². The van der Waals surface area contributed by atoms with Gasteiger partial charge in [0.2, 0.25) is 0 Å². The molecule has 1 amide bonds. The zero-order valence-electron chi connectivity index (χ0n) is 11.2. The normalized spacial score (nSPS) is 24.0. The van der Waals surface area contributed by atoms with Gasteiger partial charge >= 0.3 is 0 Å². The second-order valence-electron chi connectivity index (χ2n) is 5.30. The van der Waals surface area contributed by atoms with Crippen LogP contribution >= 0.6 is 15.9 Å². The van der Waals surface area contributed by atoms with Crippen LogP contribution in [0.1, 0.15) is 48.8 Å². The molecule has 0 atom stereocenters. The zero-order chi connectivity index (χ0) is 13.3. The molecule has 1 saturated carbocycles. The van der Waals surface area contributed by atoms with Gasteiger partial charge in [-0.2, -0.15) is 5.10 Å². The van der Waals surface area contributed by atoms with Crippen molar-refractivity contribution in [3.63, 3.8) is 0 Å². The number of aromatic nitrogens is 2. The van der Waals surface area contributed by atoms with Crippen LogP contribution in [0, 0.1) is 12.8 Å². The van der Waals surface area contributed by atoms with Crippen molar-refractivity contribution in [2.75, 3.05) is 0 Å². The van der Waals surface area contributed by atoms with Gasteiger partial charge in [0.05, 0.1) is 10.2 Å². The quantitative estimate of drug-likeness (QED) is 0.912. The van der Waals surface area contributed by atoms with Crippen LogP contribution in [0.15, 0.2) is 4.47 Å². The predicted molar refractivity (Wildman–Crippen MR) is 74.5 cm³/mol. The molecule has 0 unspecified atom stereocenters. The molecule has 1 N–H and O–H groups in total. The molecule has 5 heteroatoms. The van der Waals surface area contributed by atoms with E-state index in [2.05, 4.69) is 33.3 Å². The van der Waals surface area contributed by atoms with Crippen molar-refractivity contribution < 1.29 is 4.79 Å². The average Bonchev–Trinajstić information content (AvgIpc) is 2.60. The van der Waals surface area contributed by atoms with Gasteiger partial charge in [0.15, 0.2) is 5.69 Å². The maximum atomic E-state index is 12.2. The zero-order valence-corrected chi connectivity index (χ0v) is 12.7. The average molecular weight is 314 g/mol. The molecule has 1 heterocycles. The lowest BCUT2D eigenvalue weighted by molar-refractivity contribution is 0.0916. The van der Waals surface area contributed by atoms with E-state index in [-0.39, 0.29) is 5.91 Å². The molecular formula is C13H20BrN3O. The van der Waals surface area contributed by atoms with E-state index >= 15 is 0 Å². The van der Waals surface area contributed by atoms with Crippen LogP contribution in [-0.4, -0.2) is 21.7 Å². The predicted octanol–water partition coefficient (Wildman–Crippen LogP) is 2.80. The van der Waals surface area contributed by atoms with Gasteiger partial charge in [-0.05, 0) is 54.5 Å². The number of hydrogen-bond donors (Lipinski definition) is 1. The van der Waals surface area contributed by atoms with Gasteiger partial charge in [0, 0.05) is 13.1 Å². The Morgan fingerprint density at radius 2 is 2.00 bits per heavy atom. The molecule has 1 fully saturated rings. The highest BCUT2D eigenvalue weighted by Crippen LogP contribution is 2.24. The van der Waals surface area contributed by atoms with Crippen LogP contribution in [-0.2, 0) is 7.05 Å². The van der Waals surface area contributed by atoms with Gasteiger partial charge in [0.25, 0.3) is 5.91 Å². The fourth-order valence-corrected chi connectivity index (χ4v) is 2.90. The summed E-state index contributed by atoms with van der Waals surface area (Å²) in [6.07, 6.45) is 4.56. The Balaban J connectivity index is 2.01. The van der Waals surface area contributed by atoms with E-state index in [0.29, 0.717) is 11.7 Å². The summed E-state index contributed by atoms with van der Waals surface area (Å²) >= 11 is 3.43. The third kappa shape index (κ3) is 2.76. The lowest BCUT2D eigenvalue weighted by atomic mass is 9.87. The van der Waals surface area contributed by atoms with Gasteiger partial charge in [-0.25, -0.2) is 0 Å². The first-order chi connectivity index (χ1) is 8.49. The number of carbonyl (C=O) groups is 1. The highest BCUT2D eigenvalue weighted by atomic mass is 79.9. The SMILES string of the molecule is Cc1c(Br)c(C(=O)NC2CCC(C)CC2)nn1C. The highest BCUT2D eigenvalue weighted by molar-refractivity contribution is 9.10. The first kappa shape index (κ1) is 13.6. The second-order valence-corrected chi connectivity index (χ2v) is 6.09. The van der Waals surface area contributed by atoms with E-state index in [1.54, 1.807) is 4.68 Å². The largest absolute Gasteiger partial charge is 0.348 e. The molecule has 0 saturated heterocycles. The Bertz CT molecular complexity index is 447. The first-order valence-electron chi connectivity index (χ1n) is 6.49. The van der Waals surface area contributed by atoms with Crippen LogP contribution < -0.4 is 5.32 Å². The number of carbonyl (C=O) groups excluding carboxylic acids is 1. The summed E-state index contributed by atoms with van der Waals surface area (Å²) in [5.74, 6) is 0.729. The number of hydrogen-bond acceptors (Lipinski definition) is 2. The van der Waals surface area contributed by atoms with Crippen molar-refractivity contribution in [1.82, 2.24) is 15.1 Å². The fraction of sp³-hybridized carbons (Fsp3) is 0.692. The van der Waals surface area contributed by atoms with E-state index in [9.17, 15) is 4.79 Å². The van der Waals surface area contributed by atoms with Crippen LogP contribution in [0.4, 0.5) is 0 Å². The number of aryl methyl sites for hydroxylation is 1. The van der Waals surface area contributed by atoms with Gasteiger partial charge in [-0.3, -0.25) is 9.48 Å². The number of halogens is 1. The van der Waals surface area contributed by atoms with Gasteiger partial charge in [0.1, 0.15) is 0 Å². The monoisotopic (exact) mass is 313 g/mol. The number of amides is 1. The first-order valence-corrected chi connectivity index (χ1v) is 7.28. The summed E-state index contributed by atoms with van der Waals surface area (Å²) in [7, 11) is 1.85. The topological polar surface area (TPSA) is 46.9 Å². The lowest BCUT2D eigenvalue weighted by Crippen LogP contribution is -2.37. The Kier molecular flexibility index (Phi) is 4.10. The Labute approximate surface area is 116 Å². The van der Waals surface area contributed by atoms with Crippen molar-refractivity contribution in [1.29, 1.82) is 0 Å². The van der Waals surface area contributed by atoms with E-state index in [4.69, 9.17) is 0 Å². The van der Waals surface area contributed by atoms with Gasteiger partial charge in [-0.1, -0.05) is 6.92 Å². The van der Waals surface area contributed by atoms with Gasteiger partial charge in [-0.15, -0.1) is 0 Å². The van der Waals surface area contributed by atoms with Crippen LogP contribution in [0.3, 0.4) is 0 Å². The van der Waals surface area contributed by atoms with Crippen molar-refractivity contribution in [2.45, 2.75) is 45.6 Å². The number of nitrogens with one attached hydrogen (secondary N) is 1. The van der Waals surface area contributed by atoms with Crippen LogP contribution in [0.5, 0.6) is 0 Å². The molecule has 2 rings (SSSR count). The summed E-state index contributed by atoms with van der Waals surface area (Å²) in [4.78, 5) is 12.2. The second kappa shape index (κ2) is 5.43. The van der Waals surface area contributed by atoms with E-state index in [1.807, 2.05) is 14.0 Å². The third-order valence-electron chi connectivity index (χ3n) is 3.83. The molecule has 1 aromatic rings. The molecule has 0 aromatic carbocycles. The summed E-state index contributed by atoms with van der Waals surface area (Å²) in [5, 5.41) is 7.34. The molecule has 0 aliphatic heterocycles. The number of nitrogens with zero attached hydrogens (tertiary/aromatic N) is 2. The minimum absolute atomic E-state index is 0.0647. The maximum absolute atomic E-state index is 12.2. The minimum Gasteiger partial charge on any atom is -0.348 e. The van der Waals surface area contributed by atoms with E-state index < -0.39 is 0 Å². The molecule has 0 spiro atoms. The smallest absolute Gasteiger partial charge is 0.273 e.